The molecule has 0 aromatic rings. The maximum Gasteiger partial charge on any atom is 0.243 e. The third-order valence-electron chi connectivity index (χ3n) is 3.01. The van der Waals surface area contributed by atoms with E-state index in [1.807, 2.05) is 0 Å². The Hall–Kier alpha value is -1.32. The summed E-state index contributed by atoms with van der Waals surface area (Å²) < 4.78 is 0. The predicted octanol–water partition coefficient (Wildman–Crippen LogP) is 1.13. The van der Waals surface area contributed by atoms with Crippen molar-refractivity contribution in [1.29, 1.82) is 0 Å². The number of carbonyl (C=O) groups is 2. The van der Waals surface area contributed by atoms with E-state index in [0.717, 1.165) is 31.8 Å². The second-order valence-electron chi connectivity index (χ2n) is 4.59. The van der Waals surface area contributed by atoms with Gasteiger partial charge in [0.25, 0.3) is 0 Å². The Morgan fingerprint density at radius 3 is 2.50 bits per heavy atom. The highest BCUT2D eigenvalue weighted by molar-refractivity contribution is 5.90. The molecule has 0 aromatic carbocycles. The summed E-state index contributed by atoms with van der Waals surface area (Å²) in [7, 11) is 0. The minimum Gasteiger partial charge on any atom is -0.349 e. The molecule has 1 aliphatic carbocycles. The van der Waals surface area contributed by atoms with Gasteiger partial charge in [0.1, 0.15) is 0 Å². The number of hydrogen-bond donors (Lipinski definition) is 2. The average molecular weight is 224 g/mol. The molecule has 2 amide bonds. The van der Waals surface area contributed by atoms with E-state index in [1.165, 1.54) is 6.42 Å². The first kappa shape index (κ1) is 12.7. The molecule has 4 heteroatoms. The van der Waals surface area contributed by atoms with Crippen LogP contribution in [0.2, 0.25) is 0 Å². The fourth-order valence-corrected chi connectivity index (χ4v) is 2.08. The SMILES string of the molecule is C=CC(=O)NCC(=O)NC1(C)CCCCC1. The molecule has 0 unspecified atom stereocenters. The minimum absolute atomic E-state index is 0.0282. The number of nitrogens with one attached hydrogen (secondary N) is 2. The Morgan fingerprint density at radius 2 is 1.94 bits per heavy atom. The van der Waals surface area contributed by atoms with E-state index in [1.54, 1.807) is 0 Å². The van der Waals surface area contributed by atoms with Crippen molar-refractivity contribution in [2.45, 2.75) is 44.6 Å². The molecule has 90 valence electrons. The van der Waals surface area contributed by atoms with Crippen molar-refractivity contribution in [2.75, 3.05) is 6.54 Å². The number of hydrogen-bond acceptors (Lipinski definition) is 2. The van der Waals surface area contributed by atoms with E-state index < -0.39 is 0 Å². The number of rotatable bonds is 4. The molecule has 1 saturated carbocycles. The normalized spacial score (nSPS) is 18.6. The molecule has 1 rings (SSSR count). The molecule has 0 saturated heterocycles. The fraction of sp³-hybridized carbons (Fsp3) is 0.667. The highest BCUT2D eigenvalue weighted by Gasteiger charge is 2.27. The third kappa shape index (κ3) is 4.04. The second-order valence-corrected chi connectivity index (χ2v) is 4.59. The van der Waals surface area contributed by atoms with Crippen LogP contribution in [0.4, 0.5) is 0 Å². The molecule has 1 fully saturated rings. The number of carbonyl (C=O) groups excluding carboxylic acids is 2. The second kappa shape index (κ2) is 5.68. The van der Waals surface area contributed by atoms with Crippen molar-refractivity contribution in [3.8, 4) is 0 Å². The molecular formula is C12H20N2O2. The van der Waals surface area contributed by atoms with Gasteiger partial charge in [-0.3, -0.25) is 9.59 Å². The number of amides is 2. The van der Waals surface area contributed by atoms with Gasteiger partial charge in [0.15, 0.2) is 0 Å². The van der Waals surface area contributed by atoms with Gasteiger partial charge in [0.2, 0.25) is 11.8 Å². The van der Waals surface area contributed by atoms with Gasteiger partial charge in [-0.25, -0.2) is 0 Å². The molecule has 0 radical (unpaired) electrons. The molecule has 0 heterocycles. The molecule has 0 aliphatic heterocycles. The monoisotopic (exact) mass is 224 g/mol. The van der Waals surface area contributed by atoms with Crippen LogP contribution in [0, 0.1) is 0 Å². The van der Waals surface area contributed by atoms with Gasteiger partial charge in [0.05, 0.1) is 6.54 Å². The van der Waals surface area contributed by atoms with E-state index in [9.17, 15) is 9.59 Å². The van der Waals surface area contributed by atoms with Crippen molar-refractivity contribution in [3.63, 3.8) is 0 Å². The van der Waals surface area contributed by atoms with Crippen LogP contribution in [0.25, 0.3) is 0 Å². The summed E-state index contributed by atoms with van der Waals surface area (Å²) in [6.07, 6.45) is 6.78. The Morgan fingerprint density at radius 1 is 1.31 bits per heavy atom. The summed E-state index contributed by atoms with van der Waals surface area (Å²) in [5.74, 6) is -0.441. The van der Waals surface area contributed by atoms with E-state index in [0.29, 0.717) is 0 Å². The molecule has 0 aromatic heterocycles. The quantitative estimate of drug-likeness (QED) is 0.703. The van der Waals surface area contributed by atoms with E-state index >= 15 is 0 Å². The van der Waals surface area contributed by atoms with Crippen molar-refractivity contribution in [3.05, 3.63) is 12.7 Å². The van der Waals surface area contributed by atoms with Crippen LogP contribution in [-0.4, -0.2) is 23.9 Å². The molecule has 4 nitrogen and oxygen atoms in total. The lowest BCUT2D eigenvalue weighted by atomic mass is 9.83. The fourth-order valence-electron chi connectivity index (χ4n) is 2.08. The van der Waals surface area contributed by atoms with Crippen LogP contribution in [0.1, 0.15) is 39.0 Å². The Labute approximate surface area is 96.5 Å². The Bertz CT molecular complexity index is 281. The first-order valence-electron chi connectivity index (χ1n) is 5.77. The lowest BCUT2D eigenvalue weighted by molar-refractivity contribution is -0.125. The van der Waals surface area contributed by atoms with Crippen molar-refractivity contribution in [2.24, 2.45) is 0 Å². The summed E-state index contributed by atoms with van der Waals surface area (Å²) >= 11 is 0. The Kier molecular flexibility index (Phi) is 4.52. The van der Waals surface area contributed by atoms with Crippen LogP contribution in [-0.2, 0) is 9.59 Å². The average Bonchev–Trinajstić information content (AvgIpc) is 2.26. The van der Waals surface area contributed by atoms with Crippen molar-refractivity contribution < 1.29 is 9.59 Å². The van der Waals surface area contributed by atoms with Crippen molar-refractivity contribution in [1.82, 2.24) is 10.6 Å². The van der Waals surface area contributed by atoms with E-state index in [4.69, 9.17) is 0 Å². The summed E-state index contributed by atoms with van der Waals surface area (Å²) in [6, 6.07) is 0. The zero-order valence-electron chi connectivity index (χ0n) is 9.84. The van der Waals surface area contributed by atoms with Gasteiger partial charge < -0.3 is 10.6 Å². The molecule has 1 aliphatic rings. The smallest absolute Gasteiger partial charge is 0.243 e. The first-order valence-corrected chi connectivity index (χ1v) is 5.77. The summed E-state index contributed by atoms with van der Waals surface area (Å²) in [4.78, 5) is 22.5. The highest BCUT2D eigenvalue weighted by atomic mass is 16.2. The van der Waals surface area contributed by atoms with E-state index in [2.05, 4.69) is 24.1 Å². The van der Waals surface area contributed by atoms with Gasteiger partial charge in [-0.05, 0) is 25.8 Å². The summed E-state index contributed by atoms with van der Waals surface area (Å²) in [5, 5.41) is 5.46. The highest BCUT2D eigenvalue weighted by Crippen LogP contribution is 2.27. The lowest BCUT2D eigenvalue weighted by Gasteiger charge is -2.34. The summed E-state index contributed by atoms with van der Waals surface area (Å²) in [6.45, 7) is 5.42. The standard InChI is InChI=1S/C12H20N2O2/c1-3-10(15)13-9-11(16)14-12(2)7-5-4-6-8-12/h3H,1,4-9H2,2H3,(H,13,15)(H,14,16). The molecule has 16 heavy (non-hydrogen) atoms. The zero-order valence-corrected chi connectivity index (χ0v) is 9.84. The molecule has 0 bridgehead atoms. The van der Waals surface area contributed by atoms with Gasteiger partial charge in [-0.1, -0.05) is 25.8 Å². The maximum atomic E-state index is 11.6. The van der Waals surface area contributed by atoms with Crippen LogP contribution in [0.5, 0.6) is 0 Å². The maximum absolute atomic E-state index is 11.6. The van der Waals surface area contributed by atoms with Crippen LogP contribution >= 0.6 is 0 Å². The molecule has 2 N–H and O–H groups in total. The van der Waals surface area contributed by atoms with Crippen LogP contribution in [0.15, 0.2) is 12.7 Å². The van der Waals surface area contributed by atoms with Gasteiger partial charge in [-0.2, -0.15) is 0 Å². The third-order valence-corrected chi connectivity index (χ3v) is 3.01. The molecular weight excluding hydrogens is 204 g/mol. The molecule has 0 atom stereocenters. The van der Waals surface area contributed by atoms with Crippen LogP contribution in [0.3, 0.4) is 0 Å². The van der Waals surface area contributed by atoms with Gasteiger partial charge in [0, 0.05) is 5.54 Å². The van der Waals surface area contributed by atoms with Gasteiger partial charge >= 0.3 is 0 Å². The molecule has 0 spiro atoms. The summed E-state index contributed by atoms with van der Waals surface area (Å²) in [5.41, 5.74) is -0.0890. The first-order chi connectivity index (χ1) is 7.56. The van der Waals surface area contributed by atoms with Crippen LogP contribution < -0.4 is 10.6 Å². The largest absolute Gasteiger partial charge is 0.349 e. The lowest BCUT2D eigenvalue weighted by Crippen LogP contribution is -2.50. The van der Waals surface area contributed by atoms with Crippen molar-refractivity contribution >= 4 is 11.8 Å². The Balaban J connectivity index is 2.32. The predicted molar refractivity (Wildman–Crippen MR) is 62.8 cm³/mol. The topological polar surface area (TPSA) is 58.2 Å². The minimum atomic E-state index is -0.316. The van der Waals surface area contributed by atoms with E-state index in [-0.39, 0.29) is 23.9 Å². The zero-order chi connectivity index (χ0) is 12.0. The van der Waals surface area contributed by atoms with Gasteiger partial charge in [-0.15, -0.1) is 0 Å².